The summed E-state index contributed by atoms with van der Waals surface area (Å²) in [4.78, 5) is 2.25. The van der Waals surface area contributed by atoms with Gasteiger partial charge in [-0.25, -0.2) is 0 Å². The molecule has 2 aromatic rings. The second kappa shape index (κ2) is 11.1. The van der Waals surface area contributed by atoms with Crippen LogP contribution in [-0.2, 0) is 22.6 Å². The molecule has 0 radical (unpaired) electrons. The van der Waals surface area contributed by atoms with Gasteiger partial charge in [0.2, 0.25) is 0 Å². The van der Waals surface area contributed by atoms with Crippen molar-refractivity contribution in [3.05, 3.63) is 70.8 Å². The van der Waals surface area contributed by atoms with Crippen LogP contribution in [0.15, 0.2) is 48.5 Å². The normalized spacial score (nSPS) is 19.6. The fraction of sp³-hybridized carbons (Fsp3) is 0.600. The summed E-state index contributed by atoms with van der Waals surface area (Å²) in [5.74, 6) is 0. The summed E-state index contributed by atoms with van der Waals surface area (Å²) in [5.41, 5.74) is 5.66. The smallest absolute Gasteiger partial charge is 0.0697 e. The highest BCUT2D eigenvalue weighted by Crippen LogP contribution is 2.51. The average molecular weight is 487 g/mol. The van der Waals surface area contributed by atoms with E-state index in [0.717, 1.165) is 58.0 Å². The first-order valence-corrected chi connectivity index (χ1v) is 14.0. The fourth-order valence-electron chi connectivity index (χ4n) is 6.11. The van der Waals surface area contributed by atoms with Crippen LogP contribution in [0.1, 0.15) is 93.9 Å². The van der Waals surface area contributed by atoms with Gasteiger partial charge in [0.05, 0.1) is 9.75 Å². The Bertz CT molecular complexity index is 839. The maximum Gasteiger partial charge on any atom is 0.0697 e. The predicted octanol–water partition coefficient (Wildman–Crippen LogP) is 8.59. The Morgan fingerprint density at radius 3 is 1.79 bits per heavy atom. The van der Waals surface area contributed by atoms with Gasteiger partial charge in [-0.1, -0.05) is 74.2 Å². The minimum atomic E-state index is -0.192. The van der Waals surface area contributed by atoms with Gasteiger partial charge in [-0.3, -0.25) is 0 Å². The van der Waals surface area contributed by atoms with Crippen molar-refractivity contribution in [1.29, 1.82) is 0 Å². The summed E-state index contributed by atoms with van der Waals surface area (Å²) in [6, 6.07) is 18.2. The van der Waals surface area contributed by atoms with E-state index in [4.69, 9.17) is 23.2 Å². The summed E-state index contributed by atoms with van der Waals surface area (Å²) in [5, 5.41) is 0. The Morgan fingerprint density at radius 1 is 0.727 bits per heavy atom. The average Bonchev–Trinajstić information content (AvgIpc) is 3.46. The molecule has 0 saturated heterocycles. The van der Waals surface area contributed by atoms with Crippen LogP contribution in [-0.4, -0.2) is 24.0 Å². The topological polar surface area (TPSA) is 3.24 Å². The molecule has 2 aliphatic carbocycles. The van der Waals surface area contributed by atoms with E-state index in [1.54, 1.807) is 0 Å². The Labute approximate surface area is 211 Å². The minimum Gasteiger partial charge on any atom is -0.301 e. The molecule has 0 aromatic heterocycles. The molecule has 0 unspecified atom stereocenters. The summed E-state index contributed by atoms with van der Waals surface area (Å²) >= 11 is 14.6. The molecule has 4 rings (SSSR count). The van der Waals surface area contributed by atoms with Crippen molar-refractivity contribution in [3.63, 3.8) is 0 Å². The van der Waals surface area contributed by atoms with Gasteiger partial charge in [0, 0.05) is 12.6 Å². The number of rotatable bonds is 10. The zero-order valence-electron chi connectivity index (χ0n) is 20.6. The van der Waals surface area contributed by atoms with Gasteiger partial charge in [0.15, 0.2) is 0 Å². The van der Waals surface area contributed by atoms with E-state index in [1.165, 1.54) is 47.9 Å². The van der Waals surface area contributed by atoms with Crippen molar-refractivity contribution in [2.24, 2.45) is 0 Å². The lowest BCUT2D eigenvalue weighted by Crippen LogP contribution is -2.34. The van der Waals surface area contributed by atoms with Crippen LogP contribution in [0.3, 0.4) is 0 Å². The zero-order chi connectivity index (χ0) is 23.3. The van der Waals surface area contributed by atoms with Crippen LogP contribution in [0.2, 0.25) is 0 Å². The van der Waals surface area contributed by atoms with E-state index < -0.39 is 0 Å². The summed E-state index contributed by atoms with van der Waals surface area (Å²) in [7, 11) is 0. The number of hydrogen-bond acceptors (Lipinski definition) is 1. The molecule has 0 heterocycles. The molecule has 0 N–H and O–H groups in total. The number of benzene rings is 2. The third-order valence-electron chi connectivity index (χ3n) is 8.07. The van der Waals surface area contributed by atoms with E-state index in [0.29, 0.717) is 6.04 Å². The van der Waals surface area contributed by atoms with Crippen LogP contribution in [0.5, 0.6) is 0 Å². The van der Waals surface area contributed by atoms with E-state index >= 15 is 0 Å². The van der Waals surface area contributed by atoms with Crippen LogP contribution < -0.4 is 0 Å². The van der Waals surface area contributed by atoms with Gasteiger partial charge in [-0.05, 0) is 87.6 Å². The number of alkyl halides is 2. The second-order valence-corrected chi connectivity index (χ2v) is 12.1. The van der Waals surface area contributed by atoms with Crippen molar-refractivity contribution in [2.45, 2.75) is 100 Å². The summed E-state index contributed by atoms with van der Waals surface area (Å²) in [6.45, 7) is 6.86. The molecule has 2 fully saturated rings. The second-order valence-electron chi connectivity index (χ2n) is 10.6. The third-order valence-corrected chi connectivity index (χ3v) is 9.23. The number of nitrogens with zero attached hydrogens (tertiary/aromatic N) is 1. The van der Waals surface area contributed by atoms with E-state index in [1.807, 2.05) is 0 Å². The van der Waals surface area contributed by atoms with E-state index in [-0.39, 0.29) is 9.75 Å². The van der Waals surface area contributed by atoms with Crippen LogP contribution in [0.25, 0.3) is 0 Å². The number of halogens is 2. The molecule has 3 heteroatoms. The SMILES string of the molecule is CC(C)N(CCCc1c(C2(Cl)CCCC2)cccc1C1(Cl)CCCC1)CCc1ccccc1. The molecule has 0 amide bonds. The molecule has 0 bridgehead atoms. The van der Waals surface area contributed by atoms with Crippen LogP contribution >= 0.6 is 23.2 Å². The highest BCUT2D eigenvalue weighted by atomic mass is 35.5. The van der Waals surface area contributed by atoms with E-state index in [2.05, 4.69) is 67.3 Å². The minimum absolute atomic E-state index is 0.192. The third kappa shape index (κ3) is 5.98. The van der Waals surface area contributed by atoms with Crippen molar-refractivity contribution in [3.8, 4) is 0 Å². The van der Waals surface area contributed by atoms with Crippen molar-refractivity contribution < 1.29 is 0 Å². The lowest BCUT2D eigenvalue weighted by Gasteiger charge is -2.32. The van der Waals surface area contributed by atoms with Crippen LogP contribution in [0, 0.1) is 0 Å². The number of hydrogen-bond donors (Lipinski definition) is 0. The van der Waals surface area contributed by atoms with Crippen molar-refractivity contribution in [2.75, 3.05) is 13.1 Å². The van der Waals surface area contributed by atoms with Crippen molar-refractivity contribution in [1.82, 2.24) is 4.90 Å². The lowest BCUT2D eigenvalue weighted by atomic mass is 9.82. The Balaban J connectivity index is 1.51. The van der Waals surface area contributed by atoms with Gasteiger partial charge < -0.3 is 4.90 Å². The molecule has 0 spiro atoms. The zero-order valence-corrected chi connectivity index (χ0v) is 22.1. The quantitative estimate of drug-likeness (QED) is 0.304. The molecule has 33 heavy (non-hydrogen) atoms. The molecule has 2 saturated carbocycles. The van der Waals surface area contributed by atoms with Gasteiger partial charge in [0.1, 0.15) is 0 Å². The summed E-state index contributed by atoms with van der Waals surface area (Å²) < 4.78 is 0. The Hall–Kier alpha value is -1.02. The summed E-state index contributed by atoms with van der Waals surface area (Å²) in [6.07, 6.45) is 12.6. The Morgan fingerprint density at radius 2 is 1.27 bits per heavy atom. The van der Waals surface area contributed by atoms with Gasteiger partial charge in [0.25, 0.3) is 0 Å². The first kappa shape index (κ1) is 25.1. The van der Waals surface area contributed by atoms with Gasteiger partial charge >= 0.3 is 0 Å². The highest BCUT2D eigenvalue weighted by molar-refractivity contribution is 6.25. The maximum absolute atomic E-state index is 7.28. The molecular weight excluding hydrogens is 445 g/mol. The van der Waals surface area contributed by atoms with Crippen molar-refractivity contribution >= 4 is 23.2 Å². The monoisotopic (exact) mass is 485 g/mol. The Kier molecular flexibility index (Phi) is 8.47. The molecule has 2 aliphatic rings. The first-order valence-electron chi connectivity index (χ1n) is 13.2. The molecule has 0 atom stereocenters. The first-order chi connectivity index (χ1) is 15.9. The predicted molar refractivity (Wildman–Crippen MR) is 144 cm³/mol. The molecule has 2 aromatic carbocycles. The highest BCUT2D eigenvalue weighted by Gasteiger charge is 2.40. The lowest BCUT2D eigenvalue weighted by molar-refractivity contribution is 0.221. The molecule has 0 aliphatic heterocycles. The fourth-order valence-corrected chi connectivity index (χ4v) is 7.00. The molecule has 180 valence electrons. The largest absolute Gasteiger partial charge is 0.301 e. The standard InChI is InChI=1S/C30H41Cl2N/c1-24(2)33(23-17-25-12-4-3-5-13-25)22-11-14-26-27(29(31)18-6-7-19-29)15-10-16-28(26)30(32)20-8-9-21-30/h3-5,10,12-13,15-16,24H,6-9,11,14,17-23H2,1-2H3. The van der Waals surface area contributed by atoms with Gasteiger partial charge in [-0.15, -0.1) is 23.2 Å². The van der Waals surface area contributed by atoms with Crippen LogP contribution in [0.4, 0.5) is 0 Å². The van der Waals surface area contributed by atoms with Gasteiger partial charge in [-0.2, -0.15) is 0 Å². The molecular formula is C30H41Cl2N. The maximum atomic E-state index is 7.28. The molecule has 1 nitrogen and oxygen atoms in total. The van der Waals surface area contributed by atoms with E-state index in [9.17, 15) is 0 Å².